The predicted octanol–water partition coefficient (Wildman–Crippen LogP) is 7.88. The van der Waals surface area contributed by atoms with Crippen molar-refractivity contribution in [1.82, 2.24) is 5.32 Å². The summed E-state index contributed by atoms with van der Waals surface area (Å²) >= 11 is 0. The largest absolute Gasteiger partial charge is 0.394 e. The van der Waals surface area contributed by atoms with E-state index in [-0.39, 0.29) is 18.9 Å². The Bertz CT molecular complexity index is 1280. The molecule has 2 saturated heterocycles. The fourth-order valence-corrected chi connectivity index (χ4v) is 8.83. The molecule has 2 aliphatic rings. The van der Waals surface area contributed by atoms with Gasteiger partial charge in [0.05, 0.1) is 32.0 Å². The Morgan fingerprint density at radius 2 is 0.941 bits per heavy atom. The van der Waals surface area contributed by atoms with E-state index in [2.05, 4.69) is 43.5 Å². The number of hydrogen-bond donors (Lipinski definition) is 9. The van der Waals surface area contributed by atoms with E-state index < -0.39 is 86.8 Å². The summed E-state index contributed by atoms with van der Waals surface area (Å²) in [6.45, 7) is 2.77. The van der Waals surface area contributed by atoms with Crippen LogP contribution in [0.25, 0.3) is 0 Å². The molecule has 0 aromatic carbocycles. The Kier molecular flexibility index (Phi) is 37.4. The fraction of sp³-hybridized carbons (Fsp3) is 0.870. The van der Waals surface area contributed by atoms with Crippen LogP contribution in [0.1, 0.15) is 206 Å². The fourth-order valence-electron chi connectivity index (χ4n) is 8.83. The molecule has 0 spiro atoms. The summed E-state index contributed by atoms with van der Waals surface area (Å²) in [4.78, 5) is 13.2. The quantitative estimate of drug-likeness (QED) is 0.0210. The highest BCUT2D eigenvalue weighted by atomic mass is 16.7. The summed E-state index contributed by atoms with van der Waals surface area (Å²) in [5.41, 5.74) is 0. The van der Waals surface area contributed by atoms with Crippen LogP contribution in [0.5, 0.6) is 0 Å². The molecule has 14 nitrogen and oxygen atoms in total. The lowest BCUT2D eigenvalue weighted by molar-refractivity contribution is -0.359. The van der Waals surface area contributed by atoms with Crippen molar-refractivity contribution in [1.29, 1.82) is 0 Å². The molecule has 68 heavy (non-hydrogen) atoms. The van der Waals surface area contributed by atoms with Crippen LogP contribution >= 0.6 is 0 Å². The van der Waals surface area contributed by atoms with Crippen LogP contribution in [0.2, 0.25) is 0 Å². The van der Waals surface area contributed by atoms with Gasteiger partial charge < -0.3 is 65.1 Å². The zero-order chi connectivity index (χ0) is 49.6. The van der Waals surface area contributed by atoms with Crippen molar-refractivity contribution in [2.75, 3.05) is 19.8 Å². The van der Waals surface area contributed by atoms with Gasteiger partial charge in [-0.2, -0.15) is 0 Å². The van der Waals surface area contributed by atoms with Gasteiger partial charge in [0.25, 0.3) is 0 Å². The van der Waals surface area contributed by atoms with Crippen LogP contribution in [0, 0.1) is 0 Å². The second kappa shape index (κ2) is 40.8. The molecule has 0 radical (unpaired) electrons. The maximum absolute atomic E-state index is 13.2. The number of aliphatic hydroxyl groups is 8. The summed E-state index contributed by atoms with van der Waals surface area (Å²) in [6.07, 6.45) is 30.4. The van der Waals surface area contributed by atoms with Gasteiger partial charge in [0.15, 0.2) is 12.6 Å². The first-order valence-electron chi connectivity index (χ1n) is 27.2. The highest BCUT2D eigenvalue weighted by Crippen LogP contribution is 2.30. The molecule has 2 aliphatic heterocycles. The van der Waals surface area contributed by atoms with E-state index in [0.29, 0.717) is 12.8 Å². The van der Waals surface area contributed by atoms with Gasteiger partial charge in [0, 0.05) is 6.42 Å². The van der Waals surface area contributed by atoms with E-state index in [1.54, 1.807) is 6.08 Å². The van der Waals surface area contributed by atoms with E-state index in [0.717, 1.165) is 38.5 Å². The molecule has 0 aliphatic carbocycles. The van der Waals surface area contributed by atoms with E-state index in [9.17, 15) is 45.6 Å². The molecule has 2 rings (SSSR count). The van der Waals surface area contributed by atoms with Crippen LogP contribution in [0.3, 0.4) is 0 Å². The smallest absolute Gasteiger partial charge is 0.220 e. The van der Waals surface area contributed by atoms with Crippen LogP contribution < -0.4 is 5.32 Å². The zero-order valence-corrected chi connectivity index (χ0v) is 42.3. The minimum Gasteiger partial charge on any atom is -0.394 e. The van der Waals surface area contributed by atoms with Gasteiger partial charge in [-0.25, -0.2) is 0 Å². The van der Waals surface area contributed by atoms with Crippen LogP contribution in [0.4, 0.5) is 0 Å². The molecular formula is C54H99NO13. The van der Waals surface area contributed by atoms with Gasteiger partial charge in [0.1, 0.15) is 48.8 Å². The van der Waals surface area contributed by atoms with E-state index >= 15 is 0 Å². The Labute approximate surface area is 411 Å². The number of nitrogens with one attached hydrogen (secondary N) is 1. The van der Waals surface area contributed by atoms with Gasteiger partial charge in [-0.05, 0) is 57.8 Å². The molecule has 12 atom stereocenters. The number of ether oxygens (including phenoxy) is 4. The lowest BCUT2D eigenvalue weighted by Crippen LogP contribution is -2.65. The Morgan fingerprint density at radius 3 is 1.44 bits per heavy atom. The number of rotatable bonds is 42. The normalized spacial score (nSPS) is 26.6. The average Bonchev–Trinajstić information content (AvgIpc) is 3.34. The second-order valence-electron chi connectivity index (χ2n) is 19.3. The topological polar surface area (TPSA) is 228 Å². The van der Waals surface area contributed by atoms with Crippen molar-refractivity contribution < 1.29 is 64.6 Å². The predicted molar refractivity (Wildman–Crippen MR) is 268 cm³/mol. The number of carbonyl (C=O) groups is 1. The number of carbonyl (C=O) groups excluding carboxylic acids is 1. The minimum atomic E-state index is -1.79. The molecule has 2 heterocycles. The van der Waals surface area contributed by atoms with Crippen molar-refractivity contribution in [3.05, 3.63) is 36.5 Å². The van der Waals surface area contributed by atoms with Crippen LogP contribution in [0.15, 0.2) is 36.5 Å². The van der Waals surface area contributed by atoms with Gasteiger partial charge in [-0.3, -0.25) is 4.79 Å². The average molecular weight is 970 g/mol. The SMILES string of the molecule is CCCCCCCCC/C=C\CCCCCCCCCC(=O)NC(COC1OC(CO)C(OC2OC(CO)C(O)C(O)C2O)C(O)C1O)C(O)/C=C/CC/C=C/CCCCCCCCCCCC. The summed E-state index contributed by atoms with van der Waals surface area (Å²) in [5, 5.41) is 86.8. The van der Waals surface area contributed by atoms with Crippen molar-refractivity contribution in [3.63, 3.8) is 0 Å². The highest BCUT2D eigenvalue weighted by molar-refractivity contribution is 5.76. The number of aliphatic hydroxyl groups excluding tert-OH is 8. The third-order valence-corrected chi connectivity index (χ3v) is 13.3. The highest BCUT2D eigenvalue weighted by Gasteiger charge is 2.51. The molecular weight excluding hydrogens is 871 g/mol. The van der Waals surface area contributed by atoms with Crippen LogP contribution in [-0.2, 0) is 23.7 Å². The third kappa shape index (κ3) is 27.1. The van der Waals surface area contributed by atoms with Gasteiger partial charge in [-0.1, -0.05) is 179 Å². The minimum absolute atomic E-state index is 0.254. The first-order valence-corrected chi connectivity index (χ1v) is 27.2. The van der Waals surface area contributed by atoms with Crippen molar-refractivity contribution in [2.45, 2.75) is 280 Å². The molecule has 1 amide bonds. The lowest BCUT2D eigenvalue weighted by atomic mass is 9.97. The maximum Gasteiger partial charge on any atom is 0.220 e. The molecule has 12 unspecified atom stereocenters. The van der Waals surface area contributed by atoms with Gasteiger partial charge in [-0.15, -0.1) is 0 Å². The second-order valence-corrected chi connectivity index (χ2v) is 19.3. The Morgan fingerprint density at radius 1 is 0.515 bits per heavy atom. The standard InChI is InChI=1S/C54H99NO13/c1-3-5-7-9-11-13-15-17-19-21-22-24-26-28-30-32-34-36-38-46(59)55-42(43(58)37-35-33-31-29-27-25-23-20-18-16-14-12-10-8-6-4-2)41-65-53-51(64)49(62)52(45(40-57)67-53)68-54-50(63)48(61)47(60)44(39-56)66-54/h19,21,27,29,35,37,42-45,47-54,56-58,60-64H,3-18,20,22-26,28,30-34,36,38-41H2,1-2H3,(H,55,59)/b21-19-,29-27+,37-35+. The van der Waals surface area contributed by atoms with Crippen molar-refractivity contribution in [2.24, 2.45) is 0 Å². The van der Waals surface area contributed by atoms with E-state index in [1.165, 1.54) is 135 Å². The van der Waals surface area contributed by atoms with Crippen molar-refractivity contribution >= 4 is 5.91 Å². The number of amides is 1. The van der Waals surface area contributed by atoms with E-state index in [4.69, 9.17) is 18.9 Å². The summed E-state index contributed by atoms with van der Waals surface area (Å²) in [7, 11) is 0. The summed E-state index contributed by atoms with van der Waals surface area (Å²) in [5.74, 6) is -0.254. The molecule has 398 valence electrons. The molecule has 0 saturated carbocycles. The monoisotopic (exact) mass is 970 g/mol. The van der Waals surface area contributed by atoms with E-state index in [1.807, 2.05) is 6.08 Å². The number of hydrogen-bond acceptors (Lipinski definition) is 13. The first-order chi connectivity index (χ1) is 33.1. The molecule has 9 N–H and O–H groups in total. The Hall–Kier alpha value is -1.79. The Balaban J connectivity index is 1.84. The van der Waals surface area contributed by atoms with Gasteiger partial charge >= 0.3 is 0 Å². The lowest BCUT2D eigenvalue weighted by Gasteiger charge is -2.46. The molecule has 0 bridgehead atoms. The maximum atomic E-state index is 13.2. The van der Waals surface area contributed by atoms with Gasteiger partial charge in [0.2, 0.25) is 5.91 Å². The summed E-state index contributed by atoms with van der Waals surface area (Å²) < 4.78 is 22.7. The molecule has 14 heteroatoms. The zero-order valence-electron chi connectivity index (χ0n) is 42.3. The molecule has 0 aromatic rings. The molecule has 0 aromatic heterocycles. The third-order valence-electron chi connectivity index (χ3n) is 13.3. The van der Waals surface area contributed by atoms with Crippen LogP contribution in [-0.4, -0.2) is 140 Å². The molecule has 2 fully saturated rings. The summed E-state index contributed by atoms with van der Waals surface area (Å²) in [6, 6.07) is -0.932. The number of unbranched alkanes of at least 4 members (excludes halogenated alkanes) is 25. The number of allylic oxidation sites excluding steroid dienone is 5. The first kappa shape index (κ1) is 62.3. The van der Waals surface area contributed by atoms with Crippen molar-refractivity contribution in [3.8, 4) is 0 Å².